The highest BCUT2D eigenvalue weighted by molar-refractivity contribution is 7.96. The topological polar surface area (TPSA) is 69.4 Å². The Morgan fingerprint density at radius 1 is 0.750 bits per heavy atom. The highest BCUT2D eigenvalue weighted by Gasteiger charge is 2.12. The Labute approximate surface area is 179 Å². The van der Waals surface area contributed by atoms with Crippen LogP contribution in [0.2, 0.25) is 0 Å². The van der Waals surface area contributed by atoms with Crippen molar-refractivity contribution in [2.24, 2.45) is 5.73 Å². The lowest BCUT2D eigenvalue weighted by molar-refractivity contribution is -0.144. The number of unbranched alkanes of at least 4 members (excludes halogenated alkanes) is 15. The van der Waals surface area contributed by atoms with E-state index in [9.17, 15) is 9.59 Å². The smallest absolute Gasteiger partial charge is 0.305 e. The van der Waals surface area contributed by atoms with Crippen LogP contribution in [0.1, 0.15) is 122 Å². The van der Waals surface area contributed by atoms with Crippen LogP contribution in [0.3, 0.4) is 0 Å². The highest BCUT2D eigenvalue weighted by Crippen LogP contribution is 2.13. The molecule has 166 valence electrons. The number of esters is 1. The number of ether oxygens (including phenoxy) is 1. The van der Waals surface area contributed by atoms with E-state index in [0.717, 1.165) is 12.8 Å². The van der Waals surface area contributed by atoms with E-state index in [1.54, 1.807) is 0 Å². The van der Waals surface area contributed by atoms with Crippen molar-refractivity contribution >= 4 is 23.7 Å². The molecule has 0 saturated carbocycles. The molecule has 0 bridgehead atoms. The van der Waals surface area contributed by atoms with E-state index in [1.165, 1.54) is 89.9 Å². The molecule has 0 unspecified atom stereocenters. The number of thiol groups is 1. The zero-order valence-electron chi connectivity index (χ0n) is 18.3. The molecule has 0 amide bonds. The fraction of sp³-hybridized carbons (Fsp3) is 0.913. The van der Waals surface area contributed by atoms with Crippen molar-refractivity contribution in [2.45, 2.75) is 129 Å². The summed E-state index contributed by atoms with van der Waals surface area (Å²) in [5, 5.41) is -0.384. The van der Waals surface area contributed by atoms with Crippen LogP contribution in [-0.2, 0) is 14.3 Å². The zero-order valence-corrected chi connectivity index (χ0v) is 19.2. The van der Waals surface area contributed by atoms with Gasteiger partial charge < -0.3 is 10.5 Å². The number of nitrogens with two attached hydrogens (primary N) is 1. The highest BCUT2D eigenvalue weighted by atomic mass is 32.1. The van der Waals surface area contributed by atoms with Crippen LogP contribution in [0.15, 0.2) is 0 Å². The molecule has 1 atom stereocenters. The normalized spacial score (nSPS) is 12.1. The van der Waals surface area contributed by atoms with E-state index in [-0.39, 0.29) is 17.5 Å². The maximum atomic E-state index is 11.5. The fourth-order valence-corrected chi connectivity index (χ4v) is 3.43. The molecule has 0 fully saturated rings. The van der Waals surface area contributed by atoms with Crippen molar-refractivity contribution in [2.75, 3.05) is 6.61 Å². The van der Waals surface area contributed by atoms with Crippen LogP contribution in [0.4, 0.5) is 0 Å². The molecule has 4 nitrogen and oxygen atoms in total. The van der Waals surface area contributed by atoms with E-state index in [0.29, 0.717) is 13.0 Å². The SMILES string of the molecule is CCCCCCCCCCCCCCCCCCOC(=O)CC[C@H](N)C(=O)S. The van der Waals surface area contributed by atoms with E-state index < -0.39 is 6.04 Å². The summed E-state index contributed by atoms with van der Waals surface area (Å²) in [6, 6.07) is -0.675. The molecule has 0 aliphatic heterocycles. The van der Waals surface area contributed by atoms with Gasteiger partial charge in [-0.05, 0) is 12.8 Å². The first-order valence-electron chi connectivity index (χ1n) is 11.7. The zero-order chi connectivity index (χ0) is 20.9. The van der Waals surface area contributed by atoms with Crippen molar-refractivity contribution in [3.8, 4) is 0 Å². The van der Waals surface area contributed by atoms with E-state index in [2.05, 4.69) is 19.6 Å². The fourth-order valence-electron chi connectivity index (χ4n) is 3.31. The molecule has 0 aromatic carbocycles. The third-order valence-electron chi connectivity index (χ3n) is 5.24. The molecule has 0 aromatic rings. The first kappa shape index (κ1) is 27.5. The second kappa shape index (κ2) is 21.2. The molecule has 0 aliphatic carbocycles. The van der Waals surface area contributed by atoms with E-state index in [1.807, 2.05) is 0 Å². The minimum atomic E-state index is -0.675. The summed E-state index contributed by atoms with van der Waals surface area (Å²) < 4.78 is 5.16. The van der Waals surface area contributed by atoms with Gasteiger partial charge in [-0.25, -0.2) is 0 Å². The minimum absolute atomic E-state index is 0.187. The monoisotopic (exact) mass is 415 g/mol. The Kier molecular flexibility index (Phi) is 20.8. The second-order valence-corrected chi connectivity index (χ2v) is 8.45. The minimum Gasteiger partial charge on any atom is -0.466 e. The van der Waals surface area contributed by atoms with E-state index >= 15 is 0 Å². The molecule has 0 heterocycles. The predicted molar refractivity (Wildman–Crippen MR) is 122 cm³/mol. The number of carbonyl (C=O) groups is 2. The largest absolute Gasteiger partial charge is 0.466 e. The van der Waals surface area contributed by atoms with Gasteiger partial charge in [-0.15, -0.1) is 12.6 Å². The van der Waals surface area contributed by atoms with Crippen LogP contribution in [-0.4, -0.2) is 23.7 Å². The molecule has 0 spiro atoms. The third kappa shape index (κ3) is 20.2. The van der Waals surface area contributed by atoms with E-state index in [4.69, 9.17) is 10.5 Å². The molecular weight excluding hydrogens is 370 g/mol. The lowest BCUT2D eigenvalue weighted by Crippen LogP contribution is -2.27. The van der Waals surface area contributed by atoms with Gasteiger partial charge >= 0.3 is 5.97 Å². The van der Waals surface area contributed by atoms with Crippen molar-refractivity contribution in [3.05, 3.63) is 0 Å². The summed E-state index contributed by atoms with van der Waals surface area (Å²) in [4.78, 5) is 22.4. The van der Waals surface area contributed by atoms with Gasteiger partial charge in [0.25, 0.3) is 0 Å². The number of hydrogen-bond donors (Lipinski definition) is 2. The number of rotatable bonds is 21. The van der Waals surface area contributed by atoms with Crippen molar-refractivity contribution in [1.82, 2.24) is 0 Å². The van der Waals surface area contributed by atoms with Crippen molar-refractivity contribution in [1.29, 1.82) is 0 Å². The molecule has 0 saturated heterocycles. The molecular formula is C23H45NO3S. The van der Waals surface area contributed by atoms with Gasteiger partial charge in [0.2, 0.25) is 5.12 Å². The molecule has 5 heteroatoms. The standard InChI is InChI=1S/C23H45NO3S/c1-2-3-4-5-6-7-8-9-10-11-12-13-14-15-16-17-20-27-22(25)19-18-21(24)23(26)28/h21H,2-20,24H2,1H3,(H,26,28)/t21-/m0/s1. The van der Waals surface area contributed by atoms with Gasteiger partial charge in [-0.2, -0.15) is 0 Å². The molecule has 28 heavy (non-hydrogen) atoms. The summed E-state index contributed by atoms with van der Waals surface area (Å²) in [6.45, 7) is 2.74. The Morgan fingerprint density at radius 2 is 1.14 bits per heavy atom. The number of carbonyl (C=O) groups excluding carboxylic acids is 2. The van der Waals surface area contributed by atoms with Gasteiger partial charge in [-0.3, -0.25) is 9.59 Å². The summed E-state index contributed by atoms with van der Waals surface area (Å²) in [5.74, 6) is -0.272. The average molecular weight is 416 g/mol. The number of hydrogen-bond acceptors (Lipinski definition) is 4. The first-order chi connectivity index (χ1) is 13.6. The molecule has 0 aliphatic rings. The van der Waals surface area contributed by atoms with Gasteiger partial charge in [-0.1, -0.05) is 103 Å². The van der Waals surface area contributed by atoms with Gasteiger partial charge in [0.05, 0.1) is 12.6 Å². The van der Waals surface area contributed by atoms with Crippen LogP contribution >= 0.6 is 12.6 Å². The first-order valence-corrected chi connectivity index (χ1v) is 12.2. The Bertz CT molecular complexity index is 377. The third-order valence-corrected chi connectivity index (χ3v) is 5.57. The van der Waals surface area contributed by atoms with Crippen LogP contribution in [0.5, 0.6) is 0 Å². The predicted octanol–water partition coefficient (Wildman–Crippen LogP) is 6.36. The van der Waals surface area contributed by atoms with Crippen LogP contribution in [0, 0.1) is 0 Å². The summed E-state index contributed by atoms with van der Waals surface area (Å²) in [5.41, 5.74) is 5.53. The summed E-state index contributed by atoms with van der Waals surface area (Å²) >= 11 is 3.65. The quantitative estimate of drug-likeness (QED) is 0.130. The van der Waals surface area contributed by atoms with Gasteiger partial charge in [0, 0.05) is 6.42 Å². The lowest BCUT2D eigenvalue weighted by Gasteiger charge is -2.07. The molecule has 2 N–H and O–H groups in total. The second-order valence-electron chi connectivity index (χ2n) is 8.01. The maximum Gasteiger partial charge on any atom is 0.305 e. The lowest BCUT2D eigenvalue weighted by atomic mass is 10.0. The molecule has 0 aromatic heterocycles. The van der Waals surface area contributed by atoms with Gasteiger partial charge in [0.1, 0.15) is 0 Å². The van der Waals surface area contributed by atoms with Crippen LogP contribution in [0.25, 0.3) is 0 Å². The average Bonchev–Trinajstić information content (AvgIpc) is 2.68. The maximum absolute atomic E-state index is 11.5. The summed E-state index contributed by atoms with van der Waals surface area (Å²) in [6.07, 6.45) is 21.8. The Hall–Kier alpha value is -0.550. The van der Waals surface area contributed by atoms with Gasteiger partial charge in [0.15, 0.2) is 0 Å². The summed E-state index contributed by atoms with van der Waals surface area (Å²) in [7, 11) is 0. The van der Waals surface area contributed by atoms with Crippen LogP contribution < -0.4 is 5.73 Å². The Balaban J connectivity index is 3.17. The molecule has 0 radical (unpaired) electrons. The van der Waals surface area contributed by atoms with Crippen molar-refractivity contribution < 1.29 is 14.3 Å². The molecule has 0 rings (SSSR count). The Morgan fingerprint density at radius 3 is 1.54 bits per heavy atom. The van der Waals surface area contributed by atoms with Crippen molar-refractivity contribution in [3.63, 3.8) is 0 Å².